The van der Waals surface area contributed by atoms with Gasteiger partial charge >= 0.3 is 23.9 Å². The summed E-state index contributed by atoms with van der Waals surface area (Å²) in [5, 5.41) is 35.6. The highest BCUT2D eigenvalue weighted by molar-refractivity contribution is 6.00. The second-order valence-corrected chi connectivity index (χ2v) is 14.3. The minimum absolute atomic E-state index is 0.0785. The molecule has 62 heavy (non-hydrogen) atoms. The van der Waals surface area contributed by atoms with E-state index in [4.69, 9.17) is 28.9 Å². The molecule has 3 atom stereocenters. The van der Waals surface area contributed by atoms with Crippen LogP contribution >= 0.6 is 0 Å². The van der Waals surface area contributed by atoms with Crippen molar-refractivity contribution in [3.63, 3.8) is 0 Å². The second kappa shape index (κ2) is 23.8. The third kappa shape index (κ3) is 14.2. The van der Waals surface area contributed by atoms with Gasteiger partial charge in [-0.2, -0.15) is 5.06 Å². The molecule has 2 aromatic carbocycles. The van der Waals surface area contributed by atoms with Crippen LogP contribution in [0.2, 0.25) is 0 Å². The van der Waals surface area contributed by atoms with Crippen LogP contribution in [0.4, 0.5) is 0 Å². The summed E-state index contributed by atoms with van der Waals surface area (Å²) in [7, 11) is 0. The van der Waals surface area contributed by atoms with Crippen LogP contribution in [0.15, 0.2) is 59.0 Å². The van der Waals surface area contributed by atoms with Gasteiger partial charge in [-0.1, -0.05) is 51.3 Å². The van der Waals surface area contributed by atoms with Gasteiger partial charge in [0, 0.05) is 25.2 Å². The molecule has 2 heterocycles. The van der Waals surface area contributed by atoms with Gasteiger partial charge in [0.1, 0.15) is 17.6 Å². The van der Waals surface area contributed by atoms with E-state index in [1.807, 2.05) is 19.1 Å². The third-order valence-electron chi connectivity index (χ3n) is 9.84. The van der Waals surface area contributed by atoms with Crippen molar-refractivity contribution in [3.8, 4) is 17.1 Å². The van der Waals surface area contributed by atoms with Crippen LogP contribution in [-0.4, -0.2) is 125 Å². The maximum absolute atomic E-state index is 13.7. The number of carboxylic acid groups (broad SMARTS) is 3. The Morgan fingerprint density at radius 1 is 0.887 bits per heavy atom. The molecule has 1 aliphatic rings. The van der Waals surface area contributed by atoms with Crippen LogP contribution in [0.5, 0.6) is 5.75 Å². The van der Waals surface area contributed by atoms with Crippen molar-refractivity contribution < 1.29 is 72.4 Å². The molecule has 20 heteroatoms. The topological polar surface area (TPSA) is 281 Å². The van der Waals surface area contributed by atoms with Gasteiger partial charge in [-0.05, 0) is 54.8 Å². The van der Waals surface area contributed by atoms with Crippen LogP contribution in [0, 0.1) is 5.92 Å². The lowest BCUT2D eigenvalue weighted by Crippen LogP contribution is -2.49. The number of furan rings is 1. The minimum Gasteiger partial charge on any atom is -0.481 e. The molecule has 0 radical (unpaired) electrons. The van der Waals surface area contributed by atoms with Gasteiger partial charge < -0.3 is 50.0 Å². The molecular formula is C42H51N5O15. The number of amides is 4. The summed E-state index contributed by atoms with van der Waals surface area (Å²) in [5.41, 5.74) is 1.14. The highest BCUT2D eigenvalue weighted by Crippen LogP contribution is 2.30. The SMILES string of the molecule is CCCCCC(C(=O)NCNC(=O)c1ccc(-c2ccc(C(=O)NC(CC(=O)O)C(=O)O)c(OCC(=O)O)c2)o1)C(CC)N(C=O)OC(=O)c1ccc(CN2CCOCC2)cc1. The molecule has 334 valence electrons. The minimum atomic E-state index is -1.79. The normalized spacial score (nSPS) is 14.0. The highest BCUT2D eigenvalue weighted by Gasteiger charge is 2.34. The standard InChI is InChI=1S/C42H51N5O15/c1-3-5-6-7-29(32(4-2)47(25-48)62-42(58)27-10-8-26(9-11-27)22-46-16-18-59-19-17-46)38(53)43-24-44-40(55)34-15-14-33(61-34)28-12-13-30(35(20-28)60-23-37(51)52)39(54)45-31(41(56)57)21-36(49)50/h8-15,20,25,29,31-32H,3-7,16-19,21-24H2,1-2H3,(H,43,53)(H,44,55)(H,45,54)(H,49,50)(H,51,52)(H,56,57). The van der Waals surface area contributed by atoms with Crippen molar-refractivity contribution >= 4 is 48.0 Å². The monoisotopic (exact) mass is 865 g/mol. The molecule has 0 bridgehead atoms. The summed E-state index contributed by atoms with van der Waals surface area (Å²) in [6.45, 7) is 6.15. The number of carbonyl (C=O) groups excluding carboxylic acids is 5. The number of hydrogen-bond acceptors (Lipinski definition) is 13. The number of morpholine rings is 1. The zero-order valence-corrected chi connectivity index (χ0v) is 34.3. The zero-order chi connectivity index (χ0) is 45.2. The van der Waals surface area contributed by atoms with Crippen LogP contribution in [0.1, 0.15) is 89.2 Å². The molecule has 4 amide bonds. The van der Waals surface area contributed by atoms with E-state index in [0.29, 0.717) is 39.0 Å². The summed E-state index contributed by atoms with van der Waals surface area (Å²) < 4.78 is 16.4. The maximum atomic E-state index is 13.7. The van der Waals surface area contributed by atoms with Gasteiger partial charge in [-0.3, -0.25) is 28.9 Å². The Labute approximate surface area is 356 Å². The molecule has 3 unspecified atom stereocenters. The van der Waals surface area contributed by atoms with Gasteiger partial charge in [-0.15, -0.1) is 0 Å². The van der Waals surface area contributed by atoms with Crippen LogP contribution in [-0.2, 0) is 40.1 Å². The number of hydrogen-bond donors (Lipinski definition) is 6. The van der Waals surface area contributed by atoms with E-state index < -0.39 is 72.6 Å². The number of ether oxygens (including phenoxy) is 2. The second-order valence-electron chi connectivity index (χ2n) is 14.3. The summed E-state index contributed by atoms with van der Waals surface area (Å²) in [6, 6.07) is 10.7. The third-order valence-corrected chi connectivity index (χ3v) is 9.84. The Morgan fingerprint density at radius 3 is 2.24 bits per heavy atom. The molecule has 0 saturated carbocycles. The van der Waals surface area contributed by atoms with Crippen molar-refractivity contribution in [1.82, 2.24) is 25.9 Å². The number of nitrogens with one attached hydrogen (secondary N) is 3. The maximum Gasteiger partial charge on any atom is 0.363 e. The zero-order valence-electron chi connectivity index (χ0n) is 34.3. The Bertz CT molecular complexity index is 2050. The molecule has 0 aliphatic carbocycles. The molecular weight excluding hydrogens is 814 g/mol. The number of carboxylic acids is 3. The van der Waals surface area contributed by atoms with Crippen LogP contribution < -0.4 is 20.7 Å². The van der Waals surface area contributed by atoms with Crippen molar-refractivity contribution in [2.75, 3.05) is 39.6 Å². The Morgan fingerprint density at radius 2 is 1.61 bits per heavy atom. The first-order valence-electron chi connectivity index (χ1n) is 20.0. The van der Waals surface area contributed by atoms with E-state index in [0.717, 1.165) is 36.6 Å². The lowest BCUT2D eigenvalue weighted by Gasteiger charge is -2.31. The fourth-order valence-electron chi connectivity index (χ4n) is 6.61. The van der Waals surface area contributed by atoms with Gasteiger partial charge in [0.25, 0.3) is 11.8 Å². The number of aliphatic carboxylic acids is 3. The van der Waals surface area contributed by atoms with Crippen LogP contribution in [0.25, 0.3) is 11.3 Å². The molecule has 1 aromatic heterocycles. The van der Waals surface area contributed by atoms with Gasteiger partial charge in [0.05, 0.1) is 49.4 Å². The van der Waals surface area contributed by atoms with Crippen molar-refractivity contribution in [2.45, 2.75) is 71.0 Å². The quantitative estimate of drug-likeness (QED) is 0.0309. The predicted octanol–water partition coefficient (Wildman–Crippen LogP) is 2.91. The van der Waals surface area contributed by atoms with Crippen LogP contribution in [0.3, 0.4) is 0 Å². The summed E-state index contributed by atoms with van der Waals surface area (Å²) in [6.07, 6.45) is 2.36. The molecule has 20 nitrogen and oxygen atoms in total. The molecule has 1 fully saturated rings. The average Bonchev–Trinajstić information content (AvgIpc) is 3.76. The Hall–Kier alpha value is -6.80. The highest BCUT2D eigenvalue weighted by atomic mass is 16.7. The number of benzene rings is 2. The van der Waals surface area contributed by atoms with Crippen molar-refractivity contribution in [2.24, 2.45) is 5.92 Å². The number of carbonyl (C=O) groups is 8. The van der Waals surface area contributed by atoms with E-state index in [1.165, 1.54) is 30.3 Å². The number of unbranched alkanes of at least 4 members (excludes halogenated alkanes) is 2. The molecule has 1 aliphatic heterocycles. The van der Waals surface area contributed by atoms with E-state index >= 15 is 0 Å². The predicted molar refractivity (Wildman–Crippen MR) is 216 cm³/mol. The lowest BCUT2D eigenvalue weighted by atomic mass is 9.90. The number of hydroxylamine groups is 2. The van der Waals surface area contributed by atoms with Crippen molar-refractivity contribution in [1.29, 1.82) is 0 Å². The van der Waals surface area contributed by atoms with Crippen molar-refractivity contribution in [3.05, 3.63) is 77.0 Å². The molecule has 0 spiro atoms. The van der Waals surface area contributed by atoms with Gasteiger partial charge in [0.2, 0.25) is 12.3 Å². The van der Waals surface area contributed by atoms with E-state index in [9.17, 15) is 43.5 Å². The smallest absolute Gasteiger partial charge is 0.363 e. The summed E-state index contributed by atoms with van der Waals surface area (Å²) in [5.74, 6) is -8.76. The first-order valence-corrected chi connectivity index (χ1v) is 20.0. The van der Waals surface area contributed by atoms with E-state index in [2.05, 4.69) is 20.9 Å². The number of rotatable bonds is 25. The molecule has 4 rings (SSSR count). The largest absolute Gasteiger partial charge is 0.481 e. The van der Waals surface area contributed by atoms with E-state index in [1.54, 1.807) is 19.1 Å². The fourth-order valence-corrected chi connectivity index (χ4v) is 6.61. The molecule has 6 N–H and O–H groups in total. The summed E-state index contributed by atoms with van der Waals surface area (Å²) >= 11 is 0. The molecule has 3 aromatic rings. The number of nitrogens with zero attached hydrogens (tertiary/aromatic N) is 2. The van der Waals surface area contributed by atoms with E-state index in [-0.39, 0.29) is 47.0 Å². The Balaban J connectivity index is 1.40. The first kappa shape index (κ1) is 47.9. The lowest BCUT2D eigenvalue weighted by molar-refractivity contribution is -0.171. The van der Waals surface area contributed by atoms with Gasteiger partial charge in [-0.25, -0.2) is 14.4 Å². The summed E-state index contributed by atoms with van der Waals surface area (Å²) in [4.78, 5) is 107. The average molecular weight is 866 g/mol. The van der Waals surface area contributed by atoms with Gasteiger partial charge in [0.15, 0.2) is 12.4 Å². The molecule has 1 saturated heterocycles. The fraction of sp³-hybridized carbons (Fsp3) is 0.429. The Kier molecular flexibility index (Phi) is 18.4. The first-order chi connectivity index (χ1) is 29.7.